The lowest BCUT2D eigenvalue weighted by atomic mass is 9.99. The summed E-state index contributed by atoms with van der Waals surface area (Å²) in [5.41, 5.74) is -0.739. The van der Waals surface area contributed by atoms with Gasteiger partial charge in [-0.25, -0.2) is 0 Å². The summed E-state index contributed by atoms with van der Waals surface area (Å²) in [4.78, 5) is 24.4. The molecule has 0 saturated carbocycles. The van der Waals surface area contributed by atoms with Gasteiger partial charge in [0, 0.05) is 67.3 Å². The summed E-state index contributed by atoms with van der Waals surface area (Å²) in [5.74, 6) is -0.846. The topological polar surface area (TPSA) is 52.2 Å². The predicted molar refractivity (Wildman–Crippen MR) is 148 cm³/mol. The second kappa shape index (κ2) is 12.0. The Morgan fingerprint density at radius 2 is 1.71 bits per heavy atom. The number of carbonyl (C=O) groups excluding carboxylic acids is 1. The lowest BCUT2D eigenvalue weighted by Crippen LogP contribution is -2.55. The number of amides is 1. The molecule has 1 N–H and O–H groups in total. The van der Waals surface area contributed by atoms with Gasteiger partial charge in [0.15, 0.2) is 0 Å². The molecule has 1 saturated heterocycles. The zero-order valence-corrected chi connectivity index (χ0v) is 22.4. The van der Waals surface area contributed by atoms with Gasteiger partial charge in [-0.15, -0.1) is 0 Å². The van der Waals surface area contributed by atoms with Crippen LogP contribution < -0.4 is 0 Å². The highest BCUT2D eigenvalue weighted by Gasteiger charge is 2.39. The van der Waals surface area contributed by atoms with Crippen molar-refractivity contribution in [3.63, 3.8) is 0 Å². The van der Waals surface area contributed by atoms with Crippen LogP contribution in [0.25, 0.3) is 17.0 Å². The normalized spacial score (nSPS) is 16.9. The minimum absolute atomic E-state index is 0.0395. The van der Waals surface area contributed by atoms with Gasteiger partial charge in [0.2, 0.25) is 0 Å². The number of carbonyl (C=O) groups is 1. The number of halogens is 6. The quantitative estimate of drug-likeness (QED) is 0.236. The second-order valence-corrected chi connectivity index (χ2v) is 10.3. The molecule has 0 radical (unpaired) electrons. The zero-order valence-electron chi connectivity index (χ0n) is 22.4. The van der Waals surface area contributed by atoms with Gasteiger partial charge in [-0.05, 0) is 54.3 Å². The molecule has 0 unspecified atom stereocenters. The number of benzene rings is 2. The number of piperazine rings is 1. The summed E-state index contributed by atoms with van der Waals surface area (Å²) < 4.78 is 81.0. The van der Waals surface area contributed by atoms with Gasteiger partial charge in [-0.3, -0.25) is 14.7 Å². The molecule has 0 spiro atoms. The Morgan fingerprint density at radius 3 is 2.40 bits per heavy atom. The number of nitrogens with zero attached hydrogens (tertiary/aromatic N) is 3. The Balaban J connectivity index is 1.40. The number of hydrogen-bond donors (Lipinski definition) is 1. The summed E-state index contributed by atoms with van der Waals surface area (Å²) in [6.07, 6.45) is 0.135. The van der Waals surface area contributed by atoms with Crippen molar-refractivity contribution in [2.75, 3.05) is 26.2 Å². The fourth-order valence-electron chi connectivity index (χ4n) is 5.32. The highest BCUT2D eigenvalue weighted by atomic mass is 19.4. The van der Waals surface area contributed by atoms with Crippen LogP contribution in [-0.4, -0.2) is 57.9 Å². The molecule has 1 atom stereocenters. The Bertz CT molecular complexity index is 1530. The lowest BCUT2D eigenvalue weighted by Gasteiger charge is -2.41. The van der Waals surface area contributed by atoms with E-state index in [1.54, 1.807) is 12.4 Å². The molecule has 5 rings (SSSR count). The van der Waals surface area contributed by atoms with Crippen molar-refractivity contribution in [3.8, 4) is 0 Å². The third-order valence-corrected chi connectivity index (χ3v) is 7.44. The van der Waals surface area contributed by atoms with Crippen molar-refractivity contribution >= 4 is 22.9 Å². The van der Waals surface area contributed by atoms with E-state index in [-0.39, 0.29) is 12.6 Å². The number of para-hydroxylation sites is 1. The third-order valence-electron chi connectivity index (χ3n) is 7.44. The summed E-state index contributed by atoms with van der Waals surface area (Å²) in [7, 11) is 0. The largest absolute Gasteiger partial charge is 0.416 e. The van der Waals surface area contributed by atoms with Gasteiger partial charge in [0.25, 0.3) is 5.91 Å². The summed E-state index contributed by atoms with van der Waals surface area (Å²) in [5, 5.41) is 1.02. The number of aromatic nitrogens is 2. The van der Waals surface area contributed by atoms with Gasteiger partial charge in [0.1, 0.15) is 0 Å². The van der Waals surface area contributed by atoms with E-state index in [4.69, 9.17) is 0 Å². The molecule has 5 nitrogen and oxygen atoms in total. The smallest absolute Gasteiger partial charge is 0.361 e. The van der Waals surface area contributed by atoms with Crippen LogP contribution in [0.15, 0.2) is 79.3 Å². The maximum atomic E-state index is 13.6. The first-order valence-electron chi connectivity index (χ1n) is 13.4. The van der Waals surface area contributed by atoms with Crippen LogP contribution in [0.4, 0.5) is 26.3 Å². The molecule has 220 valence electrons. The molecule has 42 heavy (non-hydrogen) atoms. The minimum atomic E-state index is -5.04. The molecule has 0 bridgehead atoms. The van der Waals surface area contributed by atoms with Gasteiger partial charge in [-0.1, -0.05) is 36.4 Å². The first-order chi connectivity index (χ1) is 20.0. The van der Waals surface area contributed by atoms with Crippen molar-refractivity contribution in [1.29, 1.82) is 0 Å². The molecule has 1 aliphatic rings. The van der Waals surface area contributed by atoms with E-state index in [1.165, 1.54) is 4.90 Å². The minimum Gasteiger partial charge on any atom is -0.361 e. The number of alkyl halides is 6. The van der Waals surface area contributed by atoms with E-state index in [9.17, 15) is 31.1 Å². The molecule has 1 amide bonds. The number of aryl methyl sites for hydroxylation is 1. The number of aromatic amines is 1. The first-order valence-corrected chi connectivity index (χ1v) is 13.4. The monoisotopic (exact) mass is 586 g/mol. The SMILES string of the molecule is O=C(c1cc(C(F)(F)F)cc(C(F)(F)F)c1)N1CCN(C/C=C\c2cccnc2)C[C@H]1CCc1c[nH]c2ccccc12. The fourth-order valence-corrected chi connectivity index (χ4v) is 5.32. The van der Waals surface area contributed by atoms with Crippen molar-refractivity contribution < 1.29 is 31.1 Å². The van der Waals surface area contributed by atoms with E-state index in [2.05, 4.69) is 14.9 Å². The summed E-state index contributed by atoms with van der Waals surface area (Å²) in [6.45, 7) is 1.55. The van der Waals surface area contributed by atoms with Gasteiger partial charge in [-0.2, -0.15) is 26.3 Å². The van der Waals surface area contributed by atoms with Crippen molar-refractivity contribution in [3.05, 3.63) is 107 Å². The predicted octanol–water partition coefficient (Wildman–Crippen LogP) is 7.07. The van der Waals surface area contributed by atoms with E-state index < -0.39 is 41.0 Å². The lowest BCUT2D eigenvalue weighted by molar-refractivity contribution is -0.143. The summed E-state index contributed by atoms with van der Waals surface area (Å²) in [6, 6.07) is 12.1. The second-order valence-electron chi connectivity index (χ2n) is 10.3. The number of fused-ring (bicyclic) bond motifs is 1. The number of hydrogen-bond acceptors (Lipinski definition) is 3. The molecule has 11 heteroatoms. The van der Waals surface area contributed by atoms with E-state index >= 15 is 0 Å². The highest BCUT2D eigenvalue weighted by Crippen LogP contribution is 2.37. The molecule has 2 aromatic carbocycles. The van der Waals surface area contributed by atoms with Crippen molar-refractivity contribution in [2.45, 2.75) is 31.2 Å². The van der Waals surface area contributed by atoms with E-state index in [1.807, 2.05) is 54.7 Å². The zero-order chi connectivity index (χ0) is 29.9. The molecular formula is C31H28F6N4O. The molecular weight excluding hydrogens is 558 g/mol. The summed E-state index contributed by atoms with van der Waals surface area (Å²) >= 11 is 0. The maximum absolute atomic E-state index is 13.6. The van der Waals surface area contributed by atoms with Gasteiger partial charge < -0.3 is 9.88 Å². The van der Waals surface area contributed by atoms with Gasteiger partial charge in [0.05, 0.1) is 11.1 Å². The standard InChI is InChI=1S/C31H28F6N4O/c32-30(33,34)24-15-23(16-25(17-24)31(35,36)37)29(42)41-14-13-40(12-4-6-21-5-3-11-38-18-21)20-26(41)10-9-22-19-39-28-8-2-1-7-27(22)28/h1-8,11,15-19,26,39H,9-10,12-14,20H2/b6-4-/t26-/m1/s1. The van der Waals surface area contributed by atoms with Crippen LogP contribution in [0.2, 0.25) is 0 Å². The number of rotatable bonds is 7. The van der Waals surface area contributed by atoms with Crippen LogP contribution in [-0.2, 0) is 18.8 Å². The number of pyridine rings is 1. The number of H-pyrrole nitrogens is 1. The van der Waals surface area contributed by atoms with Crippen molar-refractivity contribution in [1.82, 2.24) is 19.8 Å². The Hall–Kier alpha value is -4.12. The fraction of sp³-hybridized carbons (Fsp3) is 0.290. The Labute approximate surface area is 238 Å². The molecule has 1 aliphatic heterocycles. The molecule has 1 fully saturated rings. The average molecular weight is 587 g/mol. The van der Waals surface area contributed by atoms with Crippen LogP contribution >= 0.6 is 0 Å². The third kappa shape index (κ3) is 6.84. The number of nitrogens with one attached hydrogen (secondary N) is 1. The van der Waals surface area contributed by atoms with E-state index in [0.717, 1.165) is 22.0 Å². The molecule has 3 heterocycles. The average Bonchev–Trinajstić information content (AvgIpc) is 3.38. The molecule has 2 aromatic heterocycles. The van der Waals surface area contributed by atoms with Crippen LogP contribution in [0.1, 0.15) is 39.0 Å². The molecule has 4 aromatic rings. The Morgan fingerprint density at radius 1 is 0.976 bits per heavy atom. The van der Waals surface area contributed by atoms with Crippen molar-refractivity contribution in [2.24, 2.45) is 0 Å². The maximum Gasteiger partial charge on any atom is 0.416 e. The van der Waals surface area contributed by atoms with Crippen LogP contribution in [0.5, 0.6) is 0 Å². The first kappa shape index (κ1) is 29.4. The highest BCUT2D eigenvalue weighted by molar-refractivity contribution is 5.95. The van der Waals surface area contributed by atoms with E-state index in [0.29, 0.717) is 44.6 Å². The van der Waals surface area contributed by atoms with Crippen LogP contribution in [0.3, 0.4) is 0 Å². The Kier molecular flexibility index (Phi) is 8.40. The van der Waals surface area contributed by atoms with Gasteiger partial charge >= 0.3 is 12.4 Å². The van der Waals surface area contributed by atoms with Crippen LogP contribution in [0, 0.1) is 0 Å². The molecule has 0 aliphatic carbocycles.